The molecule has 1 atom stereocenters. The minimum absolute atomic E-state index is 0.241. The molecular weight excluding hydrogens is 242 g/mol. The van der Waals surface area contributed by atoms with E-state index in [1.165, 1.54) is 19.3 Å². The molecule has 3 heterocycles. The summed E-state index contributed by atoms with van der Waals surface area (Å²) < 4.78 is 5.40. The van der Waals surface area contributed by atoms with Crippen LogP contribution in [0.5, 0.6) is 0 Å². The summed E-state index contributed by atoms with van der Waals surface area (Å²) in [4.78, 5) is 17.1. The van der Waals surface area contributed by atoms with E-state index in [1.54, 1.807) is 0 Å². The van der Waals surface area contributed by atoms with E-state index in [1.807, 2.05) is 0 Å². The highest BCUT2D eigenvalue weighted by atomic mass is 16.5. The maximum atomic E-state index is 12.5. The molecule has 0 spiro atoms. The number of morpholine rings is 1. The highest BCUT2D eigenvalue weighted by Crippen LogP contribution is 2.21. The van der Waals surface area contributed by atoms with Gasteiger partial charge in [0.15, 0.2) is 0 Å². The van der Waals surface area contributed by atoms with Crippen molar-refractivity contribution >= 4 is 5.91 Å². The third-order valence-corrected chi connectivity index (χ3v) is 4.61. The Morgan fingerprint density at radius 1 is 1.16 bits per heavy atom. The van der Waals surface area contributed by atoms with Gasteiger partial charge in [0.05, 0.1) is 19.1 Å². The van der Waals surface area contributed by atoms with Crippen molar-refractivity contribution in [1.29, 1.82) is 0 Å². The first-order valence-corrected chi connectivity index (χ1v) is 7.66. The highest BCUT2D eigenvalue weighted by Gasteiger charge is 2.34. The number of likely N-dealkylation sites (tertiary alicyclic amines) is 1. The van der Waals surface area contributed by atoms with Crippen LogP contribution in [0.1, 0.15) is 19.3 Å². The van der Waals surface area contributed by atoms with Crippen LogP contribution in [0.4, 0.5) is 0 Å². The fraction of sp³-hybridized carbons (Fsp3) is 0.929. The minimum Gasteiger partial charge on any atom is -0.379 e. The first-order chi connectivity index (χ1) is 9.34. The molecule has 0 aromatic heterocycles. The van der Waals surface area contributed by atoms with Gasteiger partial charge < -0.3 is 15.0 Å². The van der Waals surface area contributed by atoms with Crippen LogP contribution in [0, 0.1) is 5.92 Å². The van der Waals surface area contributed by atoms with Crippen molar-refractivity contribution in [2.24, 2.45) is 5.92 Å². The molecular formula is C14H25N3O2. The maximum Gasteiger partial charge on any atom is 0.228 e. The Bertz CT molecular complexity index is 314. The van der Waals surface area contributed by atoms with Gasteiger partial charge >= 0.3 is 0 Å². The summed E-state index contributed by atoms with van der Waals surface area (Å²) in [5.41, 5.74) is 0. The number of piperidine rings is 1. The summed E-state index contributed by atoms with van der Waals surface area (Å²) in [5.74, 6) is 0.627. The molecule has 108 valence electrons. The first kappa shape index (κ1) is 13.3. The van der Waals surface area contributed by atoms with Crippen molar-refractivity contribution in [3.05, 3.63) is 0 Å². The van der Waals surface area contributed by atoms with Crippen molar-refractivity contribution in [3.63, 3.8) is 0 Å². The van der Waals surface area contributed by atoms with Crippen molar-refractivity contribution < 1.29 is 9.53 Å². The fourth-order valence-electron chi connectivity index (χ4n) is 3.26. The van der Waals surface area contributed by atoms with E-state index in [2.05, 4.69) is 15.1 Å². The molecule has 3 aliphatic heterocycles. The molecule has 3 saturated heterocycles. The summed E-state index contributed by atoms with van der Waals surface area (Å²) in [5, 5.41) is 3.20. The van der Waals surface area contributed by atoms with Gasteiger partial charge in [-0.05, 0) is 19.3 Å². The molecule has 0 aromatic carbocycles. The van der Waals surface area contributed by atoms with Crippen molar-refractivity contribution in [2.75, 3.05) is 52.5 Å². The second-order valence-corrected chi connectivity index (χ2v) is 5.95. The number of nitrogens with zero attached hydrogens (tertiary/aromatic N) is 2. The van der Waals surface area contributed by atoms with Crippen LogP contribution in [-0.4, -0.2) is 74.2 Å². The predicted octanol–water partition coefficient (Wildman–Crippen LogP) is -0.0809. The van der Waals surface area contributed by atoms with Gasteiger partial charge in [0.25, 0.3) is 0 Å². The van der Waals surface area contributed by atoms with Gasteiger partial charge in [-0.2, -0.15) is 0 Å². The fourth-order valence-corrected chi connectivity index (χ4v) is 3.26. The maximum absolute atomic E-state index is 12.5. The Hall–Kier alpha value is -0.650. The summed E-state index contributed by atoms with van der Waals surface area (Å²) in [6.45, 7) is 7.46. The molecule has 3 rings (SSSR count). The number of carbonyl (C=O) groups is 1. The SMILES string of the molecule is O=C(C1CNC1)N1CCCCC1CN1CCOCC1. The van der Waals surface area contributed by atoms with E-state index in [0.717, 1.165) is 52.5 Å². The van der Waals surface area contributed by atoms with Gasteiger partial charge in [-0.1, -0.05) is 0 Å². The minimum atomic E-state index is 0.241. The van der Waals surface area contributed by atoms with Gasteiger partial charge in [-0.15, -0.1) is 0 Å². The van der Waals surface area contributed by atoms with Crippen LogP contribution in [0.15, 0.2) is 0 Å². The molecule has 3 aliphatic rings. The Morgan fingerprint density at radius 3 is 2.63 bits per heavy atom. The molecule has 5 nitrogen and oxygen atoms in total. The van der Waals surface area contributed by atoms with Crippen molar-refractivity contribution in [1.82, 2.24) is 15.1 Å². The summed E-state index contributed by atoms with van der Waals surface area (Å²) >= 11 is 0. The summed E-state index contributed by atoms with van der Waals surface area (Å²) in [7, 11) is 0. The number of carbonyl (C=O) groups excluding carboxylic acids is 1. The van der Waals surface area contributed by atoms with Gasteiger partial charge in [0.2, 0.25) is 5.91 Å². The number of hydrogen-bond acceptors (Lipinski definition) is 4. The Balaban J connectivity index is 1.57. The van der Waals surface area contributed by atoms with Crippen LogP contribution in [0.2, 0.25) is 0 Å². The van der Waals surface area contributed by atoms with Crippen molar-refractivity contribution in [2.45, 2.75) is 25.3 Å². The average molecular weight is 267 g/mol. The van der Waals surface area contributed by atoms with E-state index in [9.17, 15) is 4.79 Å². The largest absolute Gasteiger partial charge is 0.379 e. The van der Waals surface area contributed by atoms with Crippen molar-refractivity contribution in [3.8, 4) is 0 Å². The first-order valence-electron chi connectivity index (χ1n) is 7.66. The number of rotatable bonds is 3. The van der Waals surface area contributed by atoms with Crippen LogP contribution < -0.4 is 5.32 Å². The second-order valence-electron chi connectivity index (χ2n) is 5.95. The lowest BCUT2D eigenvalue weighted by Gasteiger charge is -2.42. The molecule has 0 radical (unpaired) electrons. The molecule has 1 unspecified atom stereocenters. The molecule has 0 saturated carbocycles. The monoisotopic (exact) mass is 267 g/mol. The lowest BCUT2D eigenvalue weighted by atomic mass is 9.96. The van der Waals surface area contributed by atoms with Gasteiger partial charge in [-0.3, -0.25) is 9.69 Å². The highest BCUT2D eigenvalue weighted by molar-refractivity contribution is 5.80. The molecule has 0 aromatic rings. The number of hydrogen-bond donors (Lipinski definition) is 1. The molecule has 5 heteroatoms. The molecule has 1 N–H and O–H groups in total. The third kappa shape index (κ3) is 3.09. The standard InChI is InChI=1S/C14H25N3O2/c18-14(12-9-15-10-12)17-4-2-1-3-13(17)11-16-5-7-19-8-6-16/h12-13,15H,1-11H2. The Morgan fingerprint density at radius 2 is 1.95 bits per heavy atom. The summed E-state index contributed by atoms with van der Waals surface area (Å²) in [6, 6.07) is 0.431. The summed E-state index contributed by atoms with van der Waals surface area (Å²) in [6.07, 6.45) is 3.61. The van der Waals surface area contributed by atoms with E-state index in [0.29, 0.717) is 11.9 Å². The smallest absolute Gasteiger partial charge is 0.228 e. The number of ether oxygens (including phenoxy) is 1. The number of nitrogens with one attached hydrogen (secondary N) is 1. The Labute approximate surface area is 115 Å². The zero-order valence-electron chi connectivity index (χ0n) is 11.6. The van der Waals surface area contributed by atoms with Gasteiger partial charge in [-0.25, -0.2) is 0 Å². The molecule has 1 amide bonds. The zero-order chi connectivity index (χ0) is 13.1. The van der Waals surface area contributed by atoms with Crippen LogP contribution in [0.3, 0.4) is 0 Å². The number of amides is 1. The van der Waals surface area contributed by atoms with Gasteiger partial charge in [0, 0.05) is 45.3 Å². The second kappa shape index (κ2) is 6.20. The molecule has 0 bridgehead atoms. The van der Waals surface area contributed by atoms with Crippen LogP contribution in [-0.2, 0) is 9.53 Å². The van der Waals surface area contributed by atoms with E-state index >= 15 is 0 Å². The Kier molecular flexibility index (Phi) is 4.35. The molecule has 0 aliphatic carbocycles. The normalized spacial score (nSPS) is 30.1. The van der Waals surface area contributed by atoms with E-state index < -0.39 is 0 Å². The zero-order valence-corrected chi connectivity index (χ0v) is 11.6. The molecule has 3 fully saturated rings. The van der Waals surface area contributed by atoms with Crippen LogP contribution >= 0.6 is 0 Å². The topological polar surface area (TPSA) is 44.8 Å². The third-order valence-electron chi connectivity index (χ3n) is 4.61. The van der Waals surface area contributed by atoms with E-state index in [-0.39, 0.29) is 5.92 Å². The predicted molar refractivity (Wildman–Crippen MR) is 73.0 cm³/mol. The van der Waals surface area contributed by atoms with Crippen LogP contribution in [0.25, 0.3) is 0 Å². The lowest BCUT2D eigenvalue weighted by Crippen LogP contribution is -2.57. The quantitative estimate of drug-likeness (QED) is 0.777. The average Bonchev–Trinajstić information content (AvgIpc) is 2.38. The lowest BCUT2D eigenvalue weighted by molar-refractivity contribution is -0.141. The van der Waals surface area contributed by atoms with Gasteiger partial charge in [0.1, 0.15) is 0 Å². The van der Waals surface area contributed by atoms with E-state index in [4.69, 9.17) is 4.74 Å². The molecule has 19 heavy (non-hydrogen) atoms.